The van der Waals surface area contributed by atoms with Crippen molar-refractivity contribution in [2.75, 3.05) is 19.6 Å². The van der Waals surface area contributed by atoms with Gasteiger partial charge in [-0.2, -0.15) is 0 Å². The first-order valence-corrected chi connectivity index (χ1v) is 7.82. The fraction of sp³-hybridized carbons (Fsp3) is 0.933. The van der Waals surface area contributed by atoms with Crippen LogP contribution < -0.4 is 10.6 Å². The van der Waals surface area contributed by atoms with Crippen LogP contribution in [0.5, 0.6) is 0 Å². The highest BCUT2D eigenvalue weighted by atomic mass is 16.3. The molecule has 0 bridgehead atoms. The van der Waals surface area contributed by atoms with Crippen LogP contribution in [0.3, 0.4) is 0 Å². The Labute approximate surface area is 116 Å². The molecule has 2 aliphatic rings. The summed E-state index contributed by atoms with van der Waals surface area (Å²) in [5.41, 5.74) is 0. The maximum Gasteiger partial charge on any atom is 0.220 e. The van der Waals surface area contributed by atoms with Gasteiger partial charge in [-0.25, -0.2) is 0 Å². The van der Waals surface area contributed by atoms with Gasteiger partial charge in [0.15, 0.2) is 0 Å². The van der Waals surface area contributed by atoms with Crippen LogP contribution in [-0.2, 0) is 4.79 Å². The van der Waals surface area contributed by atoms with E-state index < -0.39 is 0 Å². The van der Waals surface area contributed by atoms with E-state index in [9.17, 15) is 9.90 Å². The fourth-order valence-corrected chi connectivity index (χ4v) is 3.41. The predicted octanol–water partition coefficient (Wildman–Crippen LogP) is 1.29. The standard InChI is InChI=1S/C15H28N2O2/c1-11(12-5-3-2-4-6-12)7-15(19)17-9-13-8-16-10-14(13)18/h11-14,16,18H,2-10H2,1H3,(H,17,19). The van der Waals surface area contributed by atoms with Crippen LogP contribution in [0.4, 0.5) is 0 Å². The largest absolute Gasteiger partial charge is 0.391 e. The molecule has 0 aromatic heterocycles. The summed E-state index contributed by atoms with van der Waals surface area (Å²) in [6.45, 7) is 4.27. The van der Waals surface area contributed by atoms with Gasteiger partial charge in [0.2, 0.25) is 5.91 Å². The lowest BCUT2D eigenvalue weighted by Gasteiger charge is -2.27. The quantitative estimate of drug-likeness (QED) is 0.704. The second kappa shape index (κ2) is 7.25. The molecule has 0 aromatic carbocycles. The molecule has 1 aliphatic carbocycles. The molecule has 0 spiro atoms. The minimum Gasteiger partial charge on any atom is -0.391 e. The number of β-amino-alcohol motifs (C(OH)–C–C–N with tert-alkyl or cyclic N) is 1. The molecule has 1 amide bonds. The van der Waals surface area contributed by atoms with E-state index >= 15 is 0 Å². The molecule has 110 valence electrons. The van der Waals surface area contributed by atoms with Crippen molar-refractivity contribution in [3.8, 4) is 0 Å². The molecule has 4 nitrogen and oxygen atoms in total. The highest BCUT2D eigenvalue weighted by Gasteiger charge is 2.26. The summed E-state index contributed by atoms with van der Waals surface area (Å²) < 4.78 is 0. The summed E-state index contributed by atoms with van der Waals surface area (Å²) >= 11 is 0. The number of aliphatic hydroxyl groups is 1. The predicted molar refractivity (Wildman–Crippen MR) is 75.7 cm³/mol. The molecule has 2 rings (SSSR count). The molecular weight excluding hydrogens is 240 g/mol. The van der Waals surface area contributed by atoms with Crippen LogP contribution in [0.15, 0.2) is 0 Å². The van der Waals surface area contributed by atoms with Gasteiger partial charge in [-0.15, -0.1) is 0 Å². The molecule has 4 heteroatoms. The van der Waals surface area contributed by atoms with E-state index in [2.05, 4.69) is 17.6 Å². The van der Waals surface area contributed by atoms with Crippen molar-refractivity contribution in [2.45, 2.75) is 51.6 Å². The van der Waals surface area contributed by atoms with Gasteiger partial charge in [-0.05, 0) is 11.8 Å². The van der Waals surface area contributed by atoms with E-state index in [0.29, 0.717) is 25.4 Å². The highest BCUT2D eigenvalue weighted by molar-refractivity contribution is 5.76. The second-order valence-electron chi connectivity index (χ2n) is 6.37. The molecule has 1 heterocycles. The number of nitrogens with one attached hydrogen (secondary N) is 2. The lowest BCUT2D eigenvalue weighted by Crippen LogP contribution is -2.35. The zero-order valence-electron chi connectivity index (χ0n) is 12.0. The Morgan fingerprint density at radius 3 is 2.68 bits per heavy atom. The fourth-order valence-electron chi connectivity index (χ4n) is 3.41. The number of carbonyl (C=O) groups is 1. The monoisotopic (exact) mass is 268 g/mol. The first-order chi connectivity index (χ1) is 9.16. The average molecular weight is 268 g/mol. The molecule has 3 atom stereocenters. The Balaban J connectivity index is 1.65. The smallest absolute Gasteiger partial charge is 0.220 e. The van der Waals surface area contributed by atoms with Crippen molar-refractivity contribution < 1.29 is 9.90 Å². The van der Waals surface area contributed by atoms with Gasteiger partial charge in [-0.1, -0.05) is 39.0 Å². The van der Waals surface area contributed by atoms with Crippen LogP contribution in [0.25, 0.3) is 0 Å². The summed E-state index contributed by atoms with van der Waals surface area (Å²) in [4.78, 5) is 11.9. The maximum atomic E-state index is 11.9. The Morgan fingerprint density at radius 1 is 1.32 bits per heavy atom. The first-order valence-electron chi connectivity index (χ1n) is 7.82. The molecule has 3 N–H and O–H groups in total. The lowest BCUT2D eigenvalue weighted by molar-refractivity contribution is -0.122. The Morgan fingerprint density at radius 2 is 2.05 bits per heavy atom. The average Bonchev–Trinajstić information content (AvgIpc) is 2.83. The van der Waals surface area contributed by atoms with Gasteiger partial charge in [-0.3, -0.25) is 4.79 Å². The van der Waals surface area contributed by atoms with Gasteiger partial charge in [0.25, 0.3) is 0 Å². The Kier molecular flexibility index (Phi) is 5.64. The van der Waals surface area contributed by atoms with E-state index in [0.717, 1.165) is 12.5 Å². The van der Waals surface area contributed by atoms with Crippen LogP contribution >= 0.6 is 0 Å². The Hall–Kier alpha value is -0.610. The third kappa shape index (κ3) is 4.46. The summed E-state index contributed by atoms with van der Waals surface area (Å²) in [6, 6.07) is 0. The molecule has 2 fully saturated rings. The molecular formula is C15H28N2O2. The van der Waals surface area contributed by atoms with Gasteiger partial charge in [0.05, 0.1) is 6.10 Å². The maximum absolute atomic E-state index is 11.9. The first kappa shape index (κ1) is 14.8. The van der Waals surface area contributed by atoms with Crippen molar-refractivity contribution in [3.63, 3.8) is 0 Å². The summed E-state index contributed by atoms with van der Waals surface area (Å²) in [7, 11) is 0. The van der Waals surface area contributed by atoms with E-state index in [1.54, 1.807) is 0 Å². The van der Waals surface area contributed by atoms with Crippen LogP contribution in [-0.4, -0.2) is 36.8 Å². The number of rotatable bonds is 5. The minimum absolute atomic E-state index is 0.150. The van der Waals surface area contributed by atoms with Crippen molar-refractivity contribution >= 4 is 5.91 Å². The summed E-state index contributed by atoms with van der Waals surface area (Å²) in [5.74, 6) is 1.55. The minimum atomic E-state index is -0.309. The van der Waals surface area contributed by atoms with Gasteiger partial charge in [0.1, 0.15) is 0 Å². The number of aliphatic hydroxyl groups excluding tert-OH is 1. The Bertz CT molecular complexity index is 290. The molecule has 3 unspecified atom stereocenters. The lowest BCUT2D eigenvalue weighted by atomic mass is 9.79. The molecule has 0 radical (unpaired) electrons. The second-order valence-corrected chi connectivity index (χ2v) is 6.37. The molecule has 1 saturated carbocycles. The summed E-state index contributed by atoms with van der Waals surface area (Å²) in [5, 5.41) is 15.8. The highest BCUT2D eigenvalue weighted by Crippen LogP contribution is 2.31. The van der Waals surface area contributed by atoms with Gasteiger partial charge >= 0.3 is 0 Å². The third-order valence-electron chi connectivity index (χ3n) is 4.83. The van der Waals surface area contributed by atoms with Crippen molar-refractivity contribution in [3.05, 3.63) is 0 Å². The van der Waals surface area contributed by atoms with E-state index in [1.165, 1.54) is 32.1 Å². The topological polar surface area (TPSA) is 61.4 Å². The van der Waals surface area contributed by atoms with Crippen LogP contribution in [0.2, 0.25) is 0 Å². The van der Waals surface area contributed by atoms with Gasteiger partial charge < -0.3 is 15.7 Å². The van der Waals surface area contributed by atoms with Crippen molar-refractivity contribution in [1.82, 2.24) is 10.6 Å². The number of carbonyl (C=O) groups excluding carboxylic acids is 1. The molecule has 0 aromatic rings. The third-order valence-corrected chi connectivity index (χ3v) is 4.83. The van der Waals surface area contributed by atoms with E-state index in [-0.39, 0.29) is 17.9 Å². The van der Waals surface area contributed by atoms with E-state index in [4.69, 9.17) is 0 Å². The SMILES string of the molecule is CC(CC(=O)NCC1CNCC1O)C1CCCCC1. The van der Waals surface area contributed by atoms with Gasteiger partial charge in [0, 0.05) is 32.0 Å². The molecule has 1 aliphatic heterocycles. The van der Waals surface area contributed by atoms with Crippen molar-refractivity contribution in [1.29, 1.82) is 0 Å². The number of hydrogen-bond acceptors (Lipinski definition) is 3. The molecule has 19 heavy (non-hydrogen) atoms. The zero-order chi connectivity index (χ0) is 13.7. The van der Waals surface area contributed by atoms with Crippen molar-refractivity contribution in [2.24, 2.45) is 17.8 Å². The van der Waals surface area contributed by atoms with Crippen LogP contribution in [0, 0.1) is 17.8 Å². The zero-order valence-corrected chi connectivity index (χ0v) is 12.0. The summed E-state index contributed by atoms with van der Waals surface area (Å²) in [6.07, 6.45) is 6.94. The normalized spacial score (nSPS) is 30.2. The van der Waals surface area contributed by atoms with E-state index in [1.807, 2.05) is 0 Å². The van der Waals surface area contributed by atoms with Crippen LogP contribution in [0.1, 0.15) is 45.4 Å². The molecule has 1 saturated heterocycles. The number of hydrogen-bond donors (Lipinski definition) is 3. The number of amides is 1.